The summed E-state index contributed by atoms with van der Waals surface area (Å²) in [5, 5.41) is 2.87. The number of methoxy groups -OCH3 is 1. The van der Waals surface area contributed by atoms with E-state index in [0.717, 1.165) is 17.7 Å². The van der Waals surface area contributed by atoms with E-state index in [0.29, 0.717) is 18.1 Å². The molecule has 0 heterocycles. The maximum Gasteiger partial charge on any atom is 0.248 e. The molecule has 0 fully saturated rings. The van der Waals surface area contributed by atoms with Gasteiger partial charge in [-0.05, 0) is 61.2 Å². The number of carbonyl (C=O) groups is 1. The van der Waals surface area contributed by atoms with Gasteiger partial charge in [-0.3, -0.25) is 4.79 Å². The molecule has 0 atom stereocenters. The van der Waals surface area contributed by atoms with Crippen LogP contribution >= 0.6 is 0 Å². The van der Waals surface area contributed by atoms with E-state index in [4.69, 9.17) is 9.47 Å². The van der Waals surface area contributed by atoms with E-state index >= 15 is 0 Å². The topological polar surface area (TPSA) is 47.6 Å². The first-order valence-corrected chi connectivity index (χ1v) is 9.05. The van der Waals surface area contributed by atoms with Gasteiger partial charge >= 0.3 is 0 Å². The Morgan fingerprint density at radius 2 is 1.85 bits per heavy atom. The Kier molecular flexibility index (Phi) is 7.75. The van der Waals surface area contributed by atoms with E-state index in [1.165, 1.54) is 24.5 Å². The van der Waals surface area contributed by atoms with Gasteiger partial charge in [-0.15, -0.1) is 0 Å². The number of hydrogen-bond donors (Lipinski definition) is 1. The third-order valence-corrected chi connectivity index (χ3v) is 3.96. The van der Waals surface area contributed by atoms with Gasteiger partial charge in [0.05, 0.1) is 13.7 Å². The predicted molar refractivity (Wildman–Crippen MR) is 107 cm³/mol. The second-order valence-electron chi connectivity index (χ2n) is 5.97. The standard InChI is InChI=1S/C22H27NO3/c1-4-6-7-17-8-12-19(13-9-17)23-22(24)15-11-18-10-14-20(26-5-2)21(16-18)25-3/h8-16H,4-7H2,1-3H3,(H,23,24)/b15-11+. The predicted octanol–water partition coefficient (Wildman–Crippen LogP) is 5.09. The SMILES string of the molecule is CCCCc1ccc(NC(=O)/C=C/c2ccc(OCC)c(OC)c2)cc1. The fourth-order valence-electron chi connectivity index (χ4n) is 2.55. The molecule has 2 aromatic rings. The molecule has 0 spiro atoms. The first-order valence-electron chi connectivity index (χ1n) is 9.05. The summed E-state index contributed by atoms with van der Waals surface area (Å²) in [6.07, 6.45) is 6.70. The Hall–Kier alpha value is -2.75. The fourth-order valence-corrected chi connectivity index (χ4v) is 2.55. The average Bonchev–Trinajstić information content (AvgIpc) is 2.67. The summed E-state index contributed by atoms with van der Waals surface area (Å²) in [5.74, 6) is 1.18. The van der Waals surface area contributed by atoms with Crippen LogP contribution in [0, 0.1) is 0 Å². The highest BCUT2D eigenvalue weighted by atomic mass is 16.5. The highest BCUT2D eigenvalue weighted by molar-refractivity contribution is 6.01. The number of carbonyl (C=O) groups excluding carboxylic acids is 1. The van der Waals surface area contributed by atoms with Crippen molar-refractivity contribution in [3.63, 3.8) is 0 Å². The van der Waals surface area contributed by atoms with E-state index in [2.05, 4.69) is 24.4 Å². The van der Waals surface area contributed by atoms with E-state index < -0.39 is 0 Å². The lowest BCUT2D eigenvalue weighted by molar-refractivity contribution is -0.111. The van der Waals surface area contributed by atoms with Crippen molar-refractivity contribution >= 4 is 17.7 Å². The van der Waals surface area contributed by atoms with Crippen molar-refractivity contribution in [2.75, 3.05) is 19.0 Å². The van der Waals surface area contributed by atoms with Gasteiger partial charge in [-0.2, -0.15) is 0 Å². The molecular weight excluding hydrogens is 326 g/mol. The Morgan fingerprint density at radius 1 is 1.08 bits per heavy atom. The zero-order chi connectivity index (χ0) is 18.8. The molecule has 0 bridgehead atoms. The number of ether oxygens (including phenoxy) is 2. The molecule has 0 saturated heterocycles. The number of nitrogens with one attached hydrogen (secondary N) is 1. The van der Waals surface area contributed by atoms with Crippen molar-refractivity contribution in [2.24, 2.45) is 0 Å². The largest absolute Gasteiger partial charge is 0.493 e. The third kappa shape index (κ3) is 5.96. The third-order valence-electron chi connectivity index (χ3n) is 3.96. The molecule has 1 N–H and O–H groups in total. The second-order valence-corrected chi connectivity index (χ2v) is 5.97. The molecule has 1 amide bonds. The van der Waals surface area contributed by atoms with Gasteiger partial charge in [0.2, 0.25) is 5.91 Å². The fraction of sp³-hybridized carbons (Fsp3) is 0.318. The normalized spacial score (nSPS) is 10.7. The highest BCUT2D eigenvalue weighted by Crippen LogP contribution is 2.28. The highest BCUT2D eigenvalue weighted by Gasteiger charge is 2.04. The molecule has 0 aromatic heterocycles. The maximum atomic E-state index is 12.1. The molecular formula is C22H27NO3. The molecule has 26 heavy (non-hydrogen) atoms. The van der Waals surface area contributed by atoms with Crippen LogP contribution in [0.4, 0.5) is 5.69 Å². The Morgan fingerprint density at radius 3 is 2.50 bits per heavy atom. The molecule has 4 nitrogen and oxygen atoms in total. The number of unbranched alkanes of at least 4 members (excludes halogenated alkanes) is 1. The zero-order valence-corrected chi connectivity index (χ0v) is 15.7. The minimum absolute atomic E-state index is 0.167. The summed E-state index contributed by atoms with van der Waals surface area (Å²) >= 11 is 0. The maximum absolute atomic E-state index is 12.1. The molecule has 138 valence electrons. The van der Waals surface area contributed by atoms with Crippen LogP contribution in [-0.4, -0.2) is 19.6 Å². The number of anilines is 1. The molecule has 0 radical (unpaired) electrons. The summed E-state index contributed by atoms with van der Waals surface area (Å²) in [7, 11) is 1.60. The van der Waals surface area contributed by atoms with Crippen LogP contribution in [0.3, 0.4) is 0 Å². The van der Waals surface area contributed by atoms with Crippen molar-refractivity contribution in [3.05, 3.63) is 59.7 Å². The summed E-state index contributed by atoms with van der Waals surface area (Å²) in [6.45, 7) is 4.68. The number of rotatable bonds is 9. The second kappa shape index (κ2) is 10.3. The van der Waals surface area contributed by atoms with Crippen LogP contribution in [0.15, 0.2) is 48.5 Å². The van der Waals surface area contributed by atoms with Crippen LogP contribution in [0.2, 0.25) is 0 Å². The summed E-state index contributed by atoms with van der Waals surface area (Å²) in [6, 6.07) is 13.6. The first kappa shape index (κ1) is 19.6. The van der Waals surface area contributed by atoms with Crippen LogP contribution in [0.5, 0.6) is 11.5 Å². The Bertz CT molecular complexity index is 736. The van der Waals surface area contributed by atoms with Gasteiger partial charge in [0.15, 0.2) is 11.5 Å². The number of aryl methyl sites for hydroxylation is 1. The van der Waals surface area contributed by atoms with Gasteiger partial charge < -0.3 is 14.8 Å². The van der Waals surface area contributed by atoms with Gasteiger partial charge in [0.1, 0.15) is 0 Å². The van der Waals surface area contributed by atoms with E-state index in [-0.39, 0.29) is 5.91 Å². The molecule has 0 aliphatic carbocycles. The Labute approximate surface area is 155 Å². The molecule has 0 aliphatic rings. The quantitative estimate of drug-likeness (QED) is 0.639. The first-order chi connectivity index (χ1) is 12.7. The van der Waals surface area contributed by atoms with Gasteiger partial charge in [0, 0.05) is 11.8 Å². The molecule has 0 saturated carbocycles. The summed E-state index contributed by atoms with van der Waals surface area (Å²) in [4.78, 5) is 12.1. The Balaban J connectivity index is 1.96. The van der Waals surface area contributed by atoms with E-state index in [1.807, 2.05) is 37.3 Å². The van der Waals surface area contributed by atoms with Crippen molar-refractivity contribution in [3.8, 4) is 11.5 Å². The van der Waals surface area contributed by atoms with Gasteiger partial charge in [0.25, 0.3) is 0 Å². The smallest absolute Gasteiger partial charge is 0.248 e. The van der Waals surface area contributed by atoms with Crippen molar-refractivity contribution < 1.29 is 14.3 Å². The lowest BCUT2D eigenvalue weighted by atomic mass is 10.1. The van der Waals surface area contributed by atoms with Crippen LogP contribution in [-0.2, 0) is 11.2 Å². The van der Waals surface area contributed by atoms with Crippen molar-refractivity contribution in [1.29, 1.82) is 0 Å². The molecule has 4 heteroatoms. The molecule has 0 aliphatic heterocycles. The van der Waals surface area contributed by atoms with E-state index in [1.54, 1.807) is 13.2 Å². The minimum atomic E-state index is -0.167. The lowest BCUT2D eigenvalue weighted by Gasteiger charge is -2.09. The van der Waals surface area contributed by atoms with Gasteiger partial charge in [-0.1, -0.05) is 31.5 Å². The monoisotopic (exact) mass is 353 g/mol. The van der Waals surface area contributed by atoms with Gasteiger partial charge in [-0.25, -0.2) is 0 Å². The van der Waals surface area contributed by atoms with E-state index in [9.17, 15) is 4.79 Å². The van der Waals surface area contributed by atoms with Crippen LogP contribution in [0.25, 0.3) is 6.08 Å². The minimum Gasteiger partial charge on any atom is -0.493 e. The van der Waals surface area contributed by atoms with Crippen LogP contribution in [0.1, 0.15) is 37.8 Å². The summed E-state index contributed by atoms with van der Waals surface area (Å²) in [5.41, 5.74) is 2.96. The van der Waals surface area contributed by atoms with Crippen molar-refractivity contribution in [1.82, 2.24) is 0 Å². The molecule has 2 rings (SSSR count). The average molecular weight is 353 g/mol. The molecule has 0 unspecified atom stereocenters. The van der Waals surface area contributed by atoms with Crippen LogP contribution < -0.4 is 14.8 Å². The van der Waals surface area contributed by atoms with Crippen molar-refractivity contribution in [2.45, 2.75) is 33.1 Å². The number of hydrogen-bond acceptors (Lipinski definition) is 3. The number of benzene rings is 2. The number of amides is 1. The lowest BCUT2D eigenvalue weighted by Crippen LogP contribution is -2.07. The molecule has 2 aromatic carbocycles. The summed E-state index contributed by atoms with van der Waals surface area (Å²) < 4.78 is 10.8. The zero-order valence-electron chi connectivity index (χ0n) is 15.7.